The molecule has 0 saturated carbocycles. The van der Waals surface area contributed by atoms with Crippen LogP contribution in [0.15, 0.2) is 0 Å². The normalized spacial score (nSPS) is 12.7. The molecule has 0 aromatic carbocycles. The van der Waals surface area contributed by atoms with Crippen LogP contribution in [0.4, 0.5) is 0 Å². The van der Waals surface area contributed by atoms with E-state index in [1.165, 1.54) is 0 Å². The Balaban J connectivity index is 5.07. The second-order valence-electron chi connectivity index (χ2n) is 5.60. The maximum absolute atomic E-state index is 11.1. The van der Waals surface area contributed by atoms with Crippen molar-refractivity contribution < 1.29 is 9.90 Å². The first-order valence-corrected chi connectivity index (χ1v) is 8.33. The van der Waals surface area contributed by atoms with Crippen LogP contribution in [-0.2, 0) is 4.79 Å². The summed E-state index contributed by atoms with van der Waals surface area (Å²) >= 11 is 3.55. The molecule has 0 amide bonds. The van der Waals surface area contributed by atoms with Crippen molar-refractivity contribution in [2.24, 2.45) is 10.8 Å². The van der Waals surface area contributed by atoms with Gasteiger partial charge in [-0.3, -0.25) is 4.79 Å². The molecule has 0 atom stereocenters. The summed E-state index contributed by atoms with van der Waals surface area (Å²) in [6.45, 7) is 8.75. The van der Waals surface area contributed by atoms with Crippen LogP contribution in [0.5, 0.6) is 0 Å². The minimum atomic E-state index is -0.654. The molecule has 0 aromatic rings. The number of carboxylic acid groups (broad SMARTS) is 1. The van der Waals surface area contributed by atoms with Gasteiger partial charge in [0.05, 0.1) is 6.42 Å². The average Bonchev–Trinajstić information content (AvgIpc) is 2.36. The summed E-state index contributed by atoms with van der Waals surface area (Å²) in [5, 5.41) is 10.2. The van der Waals surface area contributed by atoms with Crippen molar-refractivity contribution in [2.75, 3.05) is 5.33 Å². The number of carbonyl (C=O) groups is 1. The molecule has 18 heavy (non-hydrogen) atoms. The van der Waals surface area contributed by atoms with Crippen molar-refractivity contribution >= 4 is 21.9 Å². The fourth-order valence-corrected chi connectivity index (χ4v) is 3.91. The second kappa shape index (κ2) is 8.19. The summed E-state index contributed by atoms with van der Waals surface area (Å²) in [4.78, 5) is 11.1. The molecule has 0 fully saturated rings. The highest BCUT2D eigenvalue weighted by atomic mass is 79.9. The zero-order valence-corrected chi connectivity index (χ0v) is 14.0. The zero-order valence-electron chi connectivity index (χ0n) is 12.4. The fraction of sp³-hybridized carbons (Fsp3) is 0.933. The smallest absolute Gasteiger partial charge is 0.303 e. The molecule has 0 heterocycles. The number of aliphatic carboxylic acids is 1. The van der Waals surface area contributed by atoms with Gasteiger partial charge in [-0.1, -0.05) is 56.5 Å². The molecule has 0 saturated heterocycles. The van der Waals surface area contributed by atoms with E-state index in [9.17, 15) is 9.90 Å². The molecule has 1 N–H and O–H groups in total. The predicted molar refractivity (Wildman–Crippen MR) is 81.3 cm³/mol. The van der Waals surface area contributed by atoms with Crippen molar-refractivity contribution in [3.63, 3.8) is 0 Å². The zero-order chi connectivity index (χ0) is 14.2. The number of alkyl halides is 1. The molecule has 0 radical (unpaired) electrons. The lowest BCUT2D eigenvalue weighted by Crippen LogP contribution is -2.33. The Kier molecular flexibility index (Phi) is 8.16. The Labute approximate surface area is 121 Å². The van der Waals surface area contributed by atoms with E-state index in [-0.39, 0.29) is 5.41 Å². The molecule has 3 heteroatoms. The highest BCUT2D eigenvalue weighted by Crippen LogP contribution is 2.47. The van der Waals surface area contributed by atoms with E-state index in [1.54, 1.807) is 0 Å². The summed E-state index contributed by atoms with van der Waals surface area (Å²) in [5.74, 6) is -0.654. The summed E-state index contributed by atoms with van der Waals surface area (Å²) < 4.78 is 0. The molecule has 0 rings (SSSR count). The third-order valence-corrected chi connectivity index (χ3v) is 5.30. The quantitative estimate of drug-likeness (QED) is 0.558. The van der Waals surface area contributed by atoms with Crippen molar-refractivity contribution in [3.05, 3.63) is 0 Å². The highest BCUT2D eigenvalue weighted by Gasteiger charge is 2.38. The SMILES string of the molecule is CCC(CC)(CCBr)CC(CC)(CC)CC(=O)O. The van der Waals surface area contributed by atoms with Crippen LogP contribution in [0.2, 0.25) is 0 Å². The van der Waals surface area contributed by atoms with Crippen LogP contribution in [0.3, 0.4) is 0 Å². The van der Waals surface area contributed by atoms with Crippen LogP contribution in [0, 0.1) is 10.8 Å². The van der Waals surface area contributed by atoms with E-state index in [0.29, 0.717) is 11.8 Å². The Morgan fingerprint density at radius 3 is 1.72 bits per heavy atom. The number of carboxylic acids is 1. The third-order valence-electron chi connectivity index (χ3n) is 4.90. The van der Waals surface area contributed by atoms with E-state index >= 15 is 0 Å². The van der Waals surface area contributed by atoms with Gasteiger partial charge in [-0.15, -0.1) is 0 Å². The van der Waals surface area contributed by atoms with Crippen LogP contribution >= 0.6 is 15.9 Å². The van der Waals surface area contributed by atoms with Crippen LogP contribution in [0.1, 0.15) is 72.6 Å². The van der Waals surface area contributed by atoms with Gasteiger partial charge < -0.3 is 5.11 Å². The molecular weight excluding hydrogens is 292 g/mol. The van der Waals surface area contributed by atoms with Crippen molar-refractivity contribution in [2.45, 2.75) is 72.6 Å². The van der Waals surface area contributed by atoms with Crippen molar-refractivity contribution in [1.29, 1.82) is 0 Å². The van der Waals surface area contributed by atoms with Gasteiger partial charge in [0.1, 0.15) is 0 Å². The summed E-state index contributed by atoms with van der Waals surface area (Å²) in [6, 6.07) is 0. The molecule has 0 unspecified atom stereocenters. The number of hydrogen-bond acceptors (Lipinski definition) is 1. The first-order valence-electron chi connectivity index (χ1n) is 7.21. The Morgan fingerprint density at radius 2 is 1.44 bits per heavy atom. The molecule has 0 aromatic heterocycles. The maximum Gasteiger partial charge on any atom is 0.303 e. The average molecular weight is 321 g/mol. The van der Waals surface area contributed by atoms with Crippen molar-refractivity contribution in [3.8, 4) is 0 Å². The van der Waals surface area contributed by atoms with Gasteiger partial charge in [-0.25, -0.2) is 0 Å². The number of hydrogen-bond donors (Lipinski definition) is 1. The molecule has 0 spiro atoms. The summed E-state index contributed by atoms with van der Waals surface area (Å²) in [6.07, 6.45) is 6.68. The number of halogens is 1. The minimum Gasteiger partial charge on any atom is -0.481 e. The molecular formula is C15H29BrO2. The first-order chi connectivity index (χ1) is 8.43. The topological polar surface area (TPSA) is 37.3 Å². The lowest BCUT2D eigenvalue weighted by atomic mass is 9.63. The lowest BCUT2D eigenvalue weighted by Gasteiger charge is -2.42. The minimum absolute atomic E-state index is 0.0278. The highest BCUT2D eigenvalue weighted by molar-refractivity contribution is 9.09. The monoisotopic (exact) mass is 320 g/mol. The van der Waals surface area contributed by atoms with E-state index in [4.69, 9.17) is 0 Å². The molecule has 2 nitrogen and oxygen atoms in total. The number of rotatable bonds is 10. The molecule has 108 valence electrons. The third kappa shape index (κ3) is 4.91. The van der Waals surface area contributed by atoms with Gasteiger partial charge in [0.2, 0.25) is 0 Å². The van der Waals surface area contributed by atoms with E-state index in [2.05, 4.69) is 43.6 Å². The second-order valence-corrected chi connectivity index (χ2v) is 6.39. The van der Waals surface area contributed by atoms with Gasteiger partial charge in [0.15, 0.2) is 0 Å². The van der Waals surface area contributed by atoms with Gasteiger partial charge in [0.25, 0.3) is 0 Å². The standard InChI is InChI=1S/C15H29BrO2/c1-5-14(6-2,9-10-16)12-15(7-3,8-4)11-13(17)18/h5-12H2,1-4H3,(H,17,18). The molecule has 0 bridgehead atoms. The van der Waals surface area contributed by atoms with Crippen molar-refractivity contribution in [1.82, 2.24) is 0 Å². The van der Waals surface area contributed by atoms with Gasteiger partial charge in [0, 0.05) is 5.33 Å². The first kappa shape index (κ1) is 17.9. The largest absolute Gasteiger partial charge is 0.481 e. The Bertz CT molecular complexity index is 243. The molecule has 0 aliphatic heterocycles. The fourth-order valence-electron chi connectivity index (χ4n) is 3.07. The van der Waals surface area contributed by atoms with E-state index in [1.807, 2.05) is 0 Å². The van der Waals surface area contributed by atoms with Gasteiger partial charge in [-0.2, -0.15) is 0 Å². The van der Waals surface area contributed by atoms with E-state index in [0.717, 1.165) is 43.9 Å². The summed E-state index contributed by atoms with van der Waals surface area (Å²) in [7, 11) is 0. The maximum atomic E-state index is 11.1. The molecule has 0 aliphatic carbocycles. The lowest BCUT2D eigenvalue weighted by molar-refractivity contribution is -0.140. The van der Waals surface area contributed by atoms with Gasteiger partial charge in [-0.05, 0) is 36.5 Å². The van der Waals surface area contributed by atoms with Crippen LogP contribution in [-0.4, -0.2) is 16.4 Å². The molecule has 0 aliphatic rings. The van der Waals surface area contributed by atoms with Crippen LogP contribution in [0.25, 0.3) is 0 Å². The predicted octanol–water partition coefficient (Wildman–Crippen LogP) is 5.25. The van der Waals surface area contributed by atoms with Crippen LogP contribution < -0.4 is 0 Å². The Morgan fingerprint density at radius 1 is 1.00 bits per heavy atom. The van der Waals surface area contributed by atoms with E-state index < -0.39 is 5.97 Å². The summed E-state index contributed by atoms with van der Waals surface area (Å²) in [5.41, 5.74) is 0.269. The van der Waals surface area contributed by atoms with Gasteiger partial charge >= 0.3 is 5.97 Å². The Hall–Kier alpha value is -0.0500.